The molecule has 5 nitrogen and oxygen atoms in total. The number of fused-ring (bicyclic) bond motifs is 1. The molecule has 3 N–H and O–H groups in total. The van der Waals surface area contributed by atoms with Crippen LogP contribution in [0.5, 0.6) is 0 Å². The number of nitrogens with two attached hydrogens (primary N) is 1. The van der Waals surface area contributed by atoms with Gasteiger partial charge in [0, 0.05) is 24.6 Å². The SMILES string of the molecule is Nc1nc2cc(-c3ccc(C(=O)NC[C@@H]4CCOC4)cc3)ccc2s1. The van der Waals surface area contributed by atoms with E-state index in [-0.39, 0.29) is 5.91 Å². The molecule has 1 saturated heterocycles. The molecule has 1 aromatic heterocycles. The molecule has 2 aromatic carbocycles. The minimum absolute atomic E-state index is 0.0406. The van der Waals surface area contributed by atoms with Crippen molar-refractivity contribution >= 4 is 32.6 Å². The highest BCUT2D eigenvalue weighted by Gasteiger charge is 2.16. The predicted octanol–water partition coefficient (Wildman–Crippen LogP) is 3.31. The summed E-state index contributed by atoms with van der Waals surface area (Å²) in [6.45, 7) is 2.20. The summed E-state index contributed by atoms with van der Waals surface area (Å²) in [6.07, 6.45) is 1.02. The van der Waals surface area contributed by atoms with E-state index in [0.29, 0.717) is 23.2 Å². The van der Waals surface area contributed by atoms with Gasteiger partial charge in [-0.05, 0) is 41.8 Å². The first-order chi connectivity index (χ1) is 12.2. The Bertz CT molecular complexity index is 899. The molecular formula is C19H19N3O2S. The normalized spacial score (nSPS) is 17.0. The van der Waals surface area contributed by atoms with Crippen LogP contribution in [0.25, 0.3) is 21.3 Å². The molecule has 1 amide bonds. The molecule has 1 aliphatic rings. The average molecular weight is 353 g/mol. The van der Waals surface area contributed by atoms with Gasteiger partial charge in [0.15, 0.2) is 5.13 Å². The molecule has 0 unspecified atom stereocenters. The Balaban J connectivity index is 1.47. The zero-order chi connectivity index (χ0) is 17.2. The van der Waals surface area contributed by atoms with E-state index in [2.05, 4.69) is 16.4 Å². The number of carbonyl (C=O) groups is 1. The Morgan fingerprint density at radius 3 is 2.80 bits per heavy atom. The van der Waals surface area contributed by atoms with E-state index in [9.17, 15) is 4.79 Å². The van der Waals surface area contributed by atoms with Gasteiger partial charge in [0.1, 0.15) is 0 Å². The number of nitrogens with zero attached hydrogens (tertiary/aromatic N) is 1. The van der Waals surface area contributed by atoms with E-state index < -0.39 is 0 Å². The van der Waals surface area contributed by atoms with E-state index in [1.165, 1.54) is 11.3 Å². The summed E-state index contributed by atoms with van der Waals surface area (Å²) in [5.41, 5.74) is 9.45. The lowest BCUT2D eigenvalue weighted by Crippen LogP contribution is -2.29. The Morgan fingerprint density at radius 1 is 1.24 bits per heavy atom. The van der Waals surface area contributed by atoms with Gasteiger partial charge in [0.2, 0.25) is 0 Å². The second kappa shape index (κ2) is 6.82. The van der Waals surface area contributed by atoms with Gasteiger partial charge in [-0.2, -0.15) is 0 Å². The van der Waals surface area contributed by atoms with E-state index in [4.69, 9.17) is 10.5 Å². The fourth-order valence-electron chi connectivity index (χ4n) is 3.02. The van der Waals surface area contributed by atoms with Crippen LogP contribution >= 0.6 is 11.3 Å². The first kappa shape index (κ1) is 16.1. The van der Waals surface area contributed by atoms with Gasteiger partial charge in [-0.3, -0.25) is 4.79 Å². The summed E-state index contributed by atoms with van der Waals surface area (Å²) < 4.78 is 6.41. The monoisotopic (exact) mass is 353 g/mol. The van der Waals surface area contributed by atoms with Crippen molar-refractivity contribution in [2.45, 2.75) is 6.42 Å². The van der Waals surface area contributed by atoms with Gasteiger partial charge in [-0.25, -0.2) is 4.98 Å². The second-order valence-corrected chi connectivity index (χ2v) is 7.31. The Kier molecular flexibility index (Phi) is 4.38. The number of benzene rings is 2. The molecule has 6 heteroatoms. The molecule has 3 aromatic rings. The van der Waals surface area contributed by atoms with Crippen molar-refractivity contribution in [1.29, 1.82) is 0 Å². The molecule has 0 saturated carbocycles. The molecule has 0 radical (unpaired) electrons. The average Bonchev–Trinajstić information content (AvgIpc) is 3.27. The van der Waals surface area contributed by atoms with Gasteiger partial charge in [0.25, 0.3) is 5.91 Å². The van der Waals surface area contributed by atoms with Crippen molar-refractivity contribution in [1.82, 2.24) is 10.3 Å². The first-order valence-electron chi connectivity index (χ1n) is 8.31. The highest BCUT2D eigenvalue weighted by Crippen LogP contribution is 2.29. The van der Waals surface area contributed by atoms with Gasteiger partial charge < -0.3 is 15.8 Å². The van der Waals surface area contributed by atoms with Crippen LogP contribution in [0.2, 0.25) is 0 Å². The van der Waals surface area contributed by atoms with Crippen molar-refractivity contribution < 1.29 is 9.53 Å². The number of carbonyl (C=O) groups excluding carboxylic acids is 1. The van der Waals surface area contributed by atoms with E-state index in [0.717, 1.165) is 41.0 Å². The van der Waals surface area contributed by atoms with E-state index >= 15 is 0 Å². The Morgan fingerprint density at radius 2 is 2.04 bits per heavy atom. The third-order valence-corrected chi connectivity index (χ3v) is 5.33. The molecule has 1 atom stereocenters. The van der Waals surface area contributed by atoms with Crippen LogP contribution in [0.1, 0.15) is 16.8 Å². The van der Waals surface area contributed by atoms with Crippen LogP contribution in [0.15, 0.2) is 42.5 Å². The standard InChI is InChI=1S/C19H19N3O2S/c20-19-22-16-9-15(5-6-17(16)25-19)13-1-3-14(4-2-13)18(23)21-10-12-7-8-24-11-12/h1-6,9,12H,7-8,10-11H2,(H2,20,22)(H,21,23)/t12-/m0/s1. The fourth-order valence-corrected chi connectivity index (χ4v) is 3.74. The largest absolute Gasteiger partial charge is 0.381 e. The zero-order valence-corrected chi connectivity index (χ0v) is 14.5. The van der Waals surface area contributed by atoms with Crippen LogP contribution in [-0.2, 0) is 4.74 Å². The van der Waals surface area contributed by atoms with Crippen LogP contribution in [0, 0.1) is 5.92 Å². The highest BCUT2D eigenvalue weighted by atomic mass is 32.1. The molecule has 1 fully saturated rings. The first-order valence-corrected chi connectivity index (χ1v) is 9.13. The molecular weight excluding hydrogens is 334 g/mol. The summed E-state index contributed by atoms with van der Waals surface area (Å²) in [4.78, 5) is 16.6. The third kappa shape index (κ3) is 3.50. The molecule has 25 heavy (non-hydrogen) atoms. The number of rotatable bonds is 4. The Labute approximate surface area is 149 Å². The maximum absolute atomic E-state index is 12.3. The van der Waals surface area contributed by atoms with Gasteiger partial charge >= 0.3 is 0 Å². The lowest BCUT2D eigenvalue weighted by Gasteiger charge is -2.10. The minimum atomic E-state index is -0.0406. The van der Waals surface area contributed by atoms with E-state index in [1.54, 1.807) is 0 Å². The number of anilines is 1. The molecule has 2 heterocycles. The third-order valence-electron chi connectivity index (χ3n) is 4.46. The zero-order valence-electron chi connectivity index (χ0n) is 13.7. The maximum atomic E-state index is 12.3. The molecule has 128 valence electrons. The number of nitrogen functional groups attached to an aromatic ring is 1. The van der Waals surface area contributed by atoms with Gasteiger partial charge in [-0.15, -0.1) is 0 Å². The summed E-state index contributed by atoms with van der Waals surface area (Å²) >= 11 is 1.48. The van der Waals surface area contributed by atoms with Crippen molar-refractivity contribution in [3.63, 3.8) is 0 Å². The number of aromatic nitrogens is 1. The van der Waals surface area contributed by atoms with Crippen molar-refractivity contribution in [3.05, 3.63) is 48.0 Å². The summed E-state index contributed by atoms with van der Waals surface area (Å²) in [5, 5.41) is 3.56. The van der Waals surface area contributed by atoms with Crippen LogP contribution in [0.4, 0.5) is 5.13 Å². The minimum Gasteiger partial charge on any atom is -0.381 e. The van der Waals surface area contributed by atoms with Crippen LogP contribution in [-0.4, -0.2) is 30.6 Å². The summed E-state index contributed by atoms with van der Waals surface area (Å²) in [5.74, 6) is 0.390. The molecule has 4 rings (SSSR count). The Hall–Kier alpha value is -2.44. The van der Waals surface area contributed by atoms with Gasteiger partial charge in [-0.1, -0.05) is 29.5 Å². The quantitative estimate of drug-likeness (QED) is 0.754. The number of ether oxygens (including phenoxy) is 1. The summed E-state index contributed by atoms with van der Waals surface area (Å²) in [7, 11) is 0. The number of thiazole rings is 1. The molecule has 0 bridgehead atoms. The van der Waals surface area contributed by atoms with E-state index in [1.807, 2.05) is 36.4 Å². The van der Waals surface area contributed by atoms with Gasteiger partial charge in [0.05, 0.1) is 16.8 Å². The van der Waals surface area contributed by atoms with Crippen molar-refractivity contribution in [2.24, 2.45) is 5.92 Å². The number of hydrogen-bond acceptors (Lipinski definition) is 5. The highest BCUT2D eigenvalue weighted by molar-refractivity contribution is 7.22. The lowest BCUT2D eigenvalue weighted by molar-refractivity contribution is 0.0945. The maximum Gasteiger partial charge on any atom is 0.251 e. The number of amides is 1. The fraction of sp³-hybridized carbons (Fsp3) is 0.263. The molecule has 1 aliphatic heterocycles. The van der Waals surface area contributed by atoms with Crippen LogP contribution < -0.4 is 11.1 Å². The van der Waals surface area contributed by atoms with Crippen molar-refractivity contribution in [2.75, 3.05) is 25.5 Å². The second-order valence-electron chi connectivity index (χ2n) is 6.25. The predicted molar refractivity (Wildman–Crippen MR) is 101 cm³/mol. The molecule has 0 spiro atoms. The smallest absolute Gasteiger partial charge is 0.251 e. The lowest BCUT2D eigenvalue weighted by atomic mass is 10.0. The molecule has 0 aliphatic carbocycles. The number of hydrogen-bond donors (Lipinski definition) is 2. The van der Waals surface area contributed by atoms with Crippen LogP contribution in [0.3, 0.4) is 0 Å². The van der Waals surface area contributed by atoms with Crippen molar-refractivity contribution in [3.8, 4) is 11.1 Å². The summed E-state index contributed by atoms with van der Waals surface area (Å²) in [6, 6.07) is 13.7. The topological polar surface area (TPSA) is 77.2 Å². The number of nitrogens with one attached hydrogen (secondary N) is 1.